The van der Waals surface area contributed by atoms with Gasteiger partial charge in [0.15, 0.2) is 0 Å². The molecule has 78 valence electrons. The van der Waals surface area contributed by atoms with Crippen LogP contribution in [0.4, 0.5) is 0 Å². The van der Waals surface area contributed by atoms with E-state index in [1.807, 2.05) is 0 Å². The van der Waals surface area contributed by atoms with E-state index in [4.69, 9.17) is 5.73 Å². The molecule has 1 rings (SSSR count). The molecule has 2 heteroatoms. The number of hydrogen-bond acceptors (Lipinski definition) is 2. The second-order valence-electron chi connectivity index (χ2n) is 5.10. The Hall–Kier alpha value is -0.0800. The van der Waals surface area contributed by atoms with Gasteiger partial charge in [-0.3, -0.25) is 4.90 Å². The first-order valence-corrected chi connectivity index (χ1v) is 5.50. The Morgan fingerprint density at radius 1 is 1.23 bits per heavy atom. The van der Waals surface area contributed by atoms with E-state index in [0.717, 1.165) is 18.4 Å². The molecule has 2 atom stereocenters. The van der Waals surface area contributed by atoms with Gasteiger partial charge in [-0.1, -0.05) is 13.8 Å². The van der Waals surface area contributed by atoms with Crippen molar-refractivity contribution in [3.05, 3.63) is 0 Å². The topological polar surface area (TPSA) is 29.3 Å². The largest absolute Gasteiger partial charge is 0.326 e. The van der Waals surface area contributed by atoms with Gasteiger partial charge in [-0.15, -0.1) is 0 Å². The highest BCUT2D eigenvalue weighted by atomic mass is 15.2. The van der Waals surface area contributed by atoms with Crippen molar-refractivity contribution < 1.29 is 0 Å². The van der Waals surface area contributed by atoms with Gasteiger partial charge in [-0.2, -0.15) is 0 Å². The van der Waals surface area contributed by atoms with E-state index in [2.05, 4.69) is 32.6 Å². The molecule has 2 N–H and O–H groups in total. The lowest BCUT2D eigenvalue weighted by molar-refractivity contribution is 0.258. The zero-order chi connectivity index (χ0) is 10.0. The van der Waals surface area contributed by atoms with Gasteiger partial charge in [0.05, 0.1) is 0 Å². The monoisotopic (exact) mass is 184 g/mol. The second-order valence-corrected chi connectivity index (χ2v) is 5.10. The molecule has 0 radical (unpaired) electrons. The van der Waals surface area contributed by atoms with Crippen LogP contribution < -0.4 is 5.73 Å². The summed E-state index contributed by atoms with van der Waals surface area (Å²) in [6, 6.07) is 1.06. The third-order valence-corrected chi connectivity index (χ3v) is 3.02. The molecule has 0 saturated carbocycles. The summed E-state index contributed by atoms with van der Waals surface area (Å²) < 4.78 is 0. The number of rotatable bonds is 3. The fourth-order valence-corrected chi connectivity index (χ4v) is 2.21. The molecule has 13 heavy (non-hydrogen) atoms. The van der Waals surface area contributed by atoms with Crippen molar-refractivity contribution in [2.24, 2.45) is 17.6 Å². The normalized spacial score (nSPS) is 30.7. The van der Waals surface area contributed by atoms with Crippen molar-refractivity contribution in [1.29, 1.82) is 0 Å². The molecule has 0 aromatic carbocycles. The highest BCUT2D eigenvalue weighted by molar-refractivity contribution is 4.88. The van der Waals surface area contributed by atoms with Crippen LogP contribution in [0.5, 0.6) is 0 Å². The third-order valence-electron chi connectivity index (χ3n) is 3.02. The molecule has 1 aliphatic rings. The minimum Gasteiger partial charge on any atom is -0.326 e. The van der Waals surface area contributed by atoms with Crippen molar-refractivity contribution in [2.75, 3.05) is 13.1 Å². The van der Waals surface area contributed by atoms with E-state index in [9.17, 15) is 0 Å². The molecule has 0 aliphatic carbocycles. The van der Waals surface area contributed by atoms with Gasteiger partial charge in [0.2, 0.25) is 0 Å². The summed E-state index contributed by atoms with van der Waals surface area (Å²) in [5, 5.41) is 0. The fraction of sp³-hybridized carbons (Fsp3) is 1.00. The van der Waals surface area contributed by atoms with Crippen LogP contribution in [0.2, 0.25) is 0 Å². The van der Waals surface area contributed by atoms with Crippen molar-refractivity contribution >= 4 is 0 Å². The van der Waals surface area contributed by atoms with Gasteiger partial charge in [-0.25, -0.2) is 0 Å². The summed E-state index contributed by atoms with van der Waals surface area (Å²) in [6.07, 6.45) is 1.28. The van der Waals surface area contributed by atoms with E-state index in [1.165, 1.54) is 13.0 Å². The van der Waals surface area contributed by atoms with Gasteiger partial charge in [0, 0.05) is 25.2 Å². The van der Waals surface area contributed by atoms with E-state index < -0.39 is 0 Å². The maximum atomic E-state index is 6.11. The molecule has 1 aliphatic heterocycles. The summed E-state index contributed by atoms with van der Waals surface area (Å²) in [4.78, 5) is 2.50. The number of nitrogens with two attached hydrogens (primary N) is 1. The van der Waals surface area contributed by atoms with E-state index >= 15 is 0 Å². The predicted octanol–water partition coefficient (Wildman–Crippen LogP) is 1.70. The molecule has 1 saturated heterocycles. The van der Waals surface area contributed by atoms with Gasteiger partial charge >= 0.3 is 0 Å². The lowest BCUT2D eigenvalue weighted by Gasteiger charge is -2.20. The van der Waals surface area contributed by atoms with Crippen LogP contribution in [0.3, 0.4) is 0 Å². The summed E-state index contributed by atoms with van der Waals surface area (Å²) >= 11 is 0. The van der Waals surface area contributed by atoms with Gasteiger partial charge in [0.1, 0.15) is 0 Å². The van der Waals surface area contributed by atoms with Gasteiger partial charge < -0.3 is 5.73 Å². The SMILES string of the molecule is CC(C)C[C@@H]1CN(C(C)C)C[C@@H]1N. The molecule has 1 fully saturated rings. The standard InChI is InChI=1S/C11H24N2/c1-8(2)5-10-6-13(9(3)4)7-11(10)12/h8-11H,5-7,12H2,1-4H3/t10-,11+/m1/s1. The summed E-state index contributed by atoms with van der Waals surface area (Å²) in [6.45, 7) is 11.4. The Kier molecular flexibility index (Phi) is 3.74. The molecule has 0 amide bonds. The Labute approximate surface area is 82.5 Å². The Morgan fingerprint density at radius 3 is 2.23 bits per heavy atom. The maximum absolute atomic E-state index is 6.11. The first-order valence-electron chi connectivity index (χ1n) is 5.50. The average Bonchev–Trinajstić information content (AvgIpc) is 2.31. The minimum atomic E-state index is 0.407. The maximum Gasteiger partial charge on any atom is 0.0209 e. The molecular formula is C11H24N2. The number of likely N-dealkylation sites (tertiary alicyclic amines) is 1. The van der Waals surface area contributed by atoms with E-state index in [0.29, 0.717) is 12.1 Å². The van der Waals surface area contributed by atoms with Crippen LogP contribution >= 0.6 is 0 Å². The first kappa shape index (κ1) is 11.0. The van der Waals surface area contributed by atoms with E-state index in [1.54, 1.807) is 0 Å². The zero-order valence-electron chi connectivity index (χ0n) is 9.46. The zero-order valence-corrected chi connectivity index (χ0v) is 9.46. The molecule has 0 aromatic heterocycles. The van der Waals surface area contributed by atoms with Crippen LogP contribution in [-0.2, 0) is 0 Å². The molecule has 0 spiro atoms. The van der Waals surface area contributed by atoms with Crippen LogP contribution in [0.1, 0.15) is 34.1 Å². The van der Waals surface area contributed by atoms with Crippen molar-refractivity contribution in [1.82, 2.24) is 4.90 Å². The Balaban J connectivity index is 2.42. The van der Waals surface area contributed by atoms with Gasteiger partial charge in [0.25, 0.3) is 0 Å². The summed E-state index contributed by atoms with van der Waals surface area (Å²) in [5.41, 5.74) is 6.11. The van der Waals surface area contributed by atoms with Gasteiger partial charge in [-0.05, 0) is 32.1 Å². The summed E-state index contributed by atoms with van der Waals surface area (Å²) in [5.74, 6) is 1.51. The van der Waals surface area contributed by atoms with Crippen molar-refractivity contribution in [2.45, 2.75) is 46.2 Å². The lowest BCUT2D eigenvalue weighted by atomic mass is 9.93. The van der Waals surface area contributed by atoms with E-state index in [-0.39, 0.29) is 0 Å². The third kappa shape index (κ3) is 2.96. The van der Waals surface area contributed by atoms with Crippen LogP contribution in [-0.4, -0.2) is 30.1 Å². The van der Waals surface area contributed by atoms with Crippen molar-refractivity contribution in [3.8, 4) is 0 Å². The average molecular weight is 184 g/mol. The fourth-order valence-electron chi connectivity index (χ4n) is 2.21. The minimum absolute atomic E-state index is 0.407. The van der Waals surface area contributed by atoms with Crippen molar-refractivity contribution in [3.63, 3.8) is 0 Å². The predicted molar refractivity (Wildman–Crippen MR) is 57.6 cm³/mol. The molecule has 0 unspecified atom stereocenters. The van der Waals surface area contributed by atoms with Crippen LogP contribution in [0.15, 0.2) is 0 Å². The Morgan fingerprint density at radius 2 is 1.85 bits per heavy atom. The van der Waals surface area contributed by atoms with Crippen LogP contribution in [0.25, 0.3) is 0 Å². The number of nitrogens with zero attached hydrogens (tertiary/aromatic N) is 1. The number of hydrogen-bond donors (Lipinski definition) is 1. The smallest absolute Gasteiger partial charge is 0.0209 e. The first-order chi connectivity index (χ1) is 6.00. The second kappa shape index (κ2) is 4.43. The molecule has 1 heterocycles. The van der Waals surface area contributed by atoms with Crippen LogP contribution in [0, 0.1) is 11.8 Å². The highest BCUT2D eigenvalue weighted by Gasteiger charge is 2.31. The highest BCUT2D eigenvalue weighted by Crippen LogP contribution is 2.23. The molecular weight excluding hydrogens is 160 g/mol. The quantitative estimate of drug-likeness (QED) is 0.723. The Bertz CT molecular complexity index is 154. The summed E-state index contributed by atoms with van der Waals surface area (Å²) in [7, 11) is 0. The lowest BCUT2D eigenvalue weighted by Crippen LogP contribution is -2.32. The molecule has 0 bridgehead atoms. The molecule has 0 aromatic rings. The molecule has 2 nitrogen and oxygen atoms in total.